The number of carbonyl (C=O) groups excluding carboxylic acids is 4. The fourth-order valence-electron chi connectivity index (χ4n) is 6.17. The molecule has 3 aromatic rings. The number of rotatable bonds is 15. The lowest BCUT2D eigenvalue weighted by atomic mass is 9.95. The number of hydrogen-bond acceptors (Lipinski definition) is 17. The van der Waals surface area contributed by atoms with Gasteiger partial charge in [0.15, 0.2) is 18.7 Å². The van der Waals surface area contributed by atoms with Gasteiger partial charge >= 0.3 is 5.97 Å². The summed E-state index contributed by atoms with van der Waals surface area (Å²) in [6, 6.07) is 13.2. The SMILES string of the molecule is COC(=O)C(CCCCNC(=O)c1ccc(-c2nnn(-c3ccccc3)n2)cc1)NC(=O)[C@H]1O[C@@H](O[C@H]2[C@H](O)[C@@H](NC(C)=O)[C@H](O)O[C@@H]2CO)[C@H](O)[C@@H](O)[C@@H]1O. The first-order valence-corrected chi connectivity index (χ1v) is 17.7. The number of unbranched alkanes of at least 4 members (excludes halogenated alkanes) is 1. The number of tetrazole rings is 1. The molecular weight excluding hydrogens is 742 g/mol. The van der Waals surface area contributed by atoms with Crippen molar-refractivity contribution in [2.75, 3.05) is 20.3 Å². The smallest absolute Gasteiger partial charge is 0.328 e. The molecule has 0 bridgehead atoms. The lowest BCUT2D eigenvalue weighted by molar-refractivity contribution is -0.339. The van der Waals surface area contributed by atoms with Gasteiger partial charge in [0.05, 0.1) is 19.4 Å². The van der Waals surface area contributed by atoms with E-state index in [9.17, 15) is 49.8 Å². The van der Waals surface area contributed by atoms with Crippen LogP contribution in [0.5, 0.6) is 0 Å². The van der Waals surface area contributed by atoms with Crippen molar-refractivity contribution in [2.45, 2.75) is 93.6 Å². The number of amides is 3. The fraction of sp³-hybridized carbons (Fsp3) is 0.514. The highest BCUT2D eigenvalue weighted by atomic mass is 16.7. The molecule has 0 aliphatic carbocycles. The maximum absolute atomic E-state index is 13.3. The van der Waals surface area contributed by atoms with Crippen molar-refractivity contribution in [3.05, 3.63) is 60.2 Å². The Balaban J connectivity index is 1.12. The first-order chi connectivity index (χ1) is 26.8. The molecule has 11 atom stereocenters. The molecule has 304 valence electrons. The molecule has 2 fully saturated rings. The summed E-state index contributed by atoms with van der Waals surface area (Å²) in [5.41, 5.74) is 1.78. The molecule has 5 rings (SSSR count). The number of aromatic nitrogens is 4. The first kappa shape index (κ1) is 42.2. The van der Waals surface area contributed by atoms with Crippen LogP contribution in [0.3, 0.4) is 0 Å². The molecule has 2 aromatic carbocycles. The molecule has 21 nitrogen and oxygen atoms in total. The zero-order valence-electron chi connectivity index (χ0n) is 30.3. The fourth-order valence-corrected chi connectivity index (χ4v) is 6.17. The van der Waals surface area contributed by atoms with Gasteiger partial charge in [-0.05, 0) is 48.7 Å². The number of ether oxygens (including phenoxy) is 4. The second kappa shape index (κ2) is 19.3. The zero-order chi connectivity index (χ0) is 40.5. The third-order valence-electron chi connectivity index (χ3n) is 9.17. The standard InChI is InChI=1S/C35H45N7O14/c1-17(44)37-23-24(45)28(22(16-43)54-34(23)52)55-35-27(48)25(46)26(47)29(56-35)32(50)38-21(33(51)53-2)10-6-7-15-36-31(49)19-13-11-18(12-14-19)30-39-41-42(40-30)20-8-4-3-5-9-20/h3-5,8-9,11-14,21-29,34-35,43,45-48,52H,6-7,10,15-16H2,1-2H3,(H,36,49)(H,37,44)(H,38,50)/t21?,22-,23-,24-,25+,26+,27-,28-,29+,34-,35-/m1/s1. The quantitative estimate of drug-likeness (QED) is 0.0537. The molecule has 2 saturated heterocycles. The summed E-state index contributed by atoms with van der Waals surface area (Å²) in [7, 11) is 1.10. The number of hydrogen-bond donors (Lipinski definition) is 9. The average Bonchev–Trinajstić information content (AvgIpc) is 3.70. The Morgan fingerprint density at radius 1 is 0.911 bits per heavy atom. The third-order valence-corrected chi connectivity index (χ3v) is 9.17. The number of carbonyl (C=O) groups is 4. The van der Waals surface area contributed by atoms with Crippen molar-refractivity contribution in [3.8, 4) is 17.1 Å². The molecule has 1 unspecified atom stereocenters. The van der Waals surface area contributed by atoms with E-state index in [1.807, 2.05) is 30.3 Å². The number of nitrogens with zero attached hydrogens (tertiary/aromatic N) is 4. The van der Waals surface area contributed by atoms with E-state index in [1.54, 1.807) is 24.3 Å². The van der Waals surface area contributed by atoms with E-state index >= 15 is 0 Å². The van der Waals surface area contributed by atoms with Crippen LogP contribution < -0.4 is 16.0 Å². The number of para-hydroxylation sites is 1. The van der Waals surface area contributed by atoms with E-state index in [2.05, 4.69) is 31.4 Å². The zero-order valence-corrected chi connectivity index (χ0v) is 30.3. The van der Waals surface area contributed by atoms with Crippen LogP contribution in [0.25, 0.3) is 17.1 Å². The molecule has 3 amide bonds. The van der Waals surface area contributed by atoms with Crippen molar-refractivity contribution in [3.63, 3.8) is 0 Å². The molecule has 2 aliphatic rings. The summed E-state index contributed by atoms with van der Waals surface area (Å²) in [5.74, 6) is -2.54. The topological polar surface area (TPSA) is 306 Å². The van der Waals surface area contributed by atoms with Gasteiger partial charge in [-0.2, -0.15) is 0 Å². The van der Waals surface area contributed by atoms with Crippen molar-refractivity contribution < 1.29 is 68.8 Å². The van der Waals surface area contributed by atoms with Gasteiger partial charge < -0.3 is 65.5 Å². The maximum atomic E-state index is 13.3. The number of methoxy groups -OCH3 is 1. The van der Waals surface area contributed by atoms with Crippen molar-refractivity contribution in [2.24, 2.45) is 0 Å². The molecule has 0 spiro atoms. The summed E-state index contributed by atoms with van der Waals surface area (Å²) >= 11 is 0. The number of aliphatic hydroxyl groups excluding tert-OH is 6. The summed E-state index contributed by atoms with van der Waals surface area (Å²) < 4.78 is 21.2. The highest BCUT2D eigenvalue weighted by molar-refractivity contribution is 5.94. The van der Waals surface area contributed by atoms with Gasteiger partial charge in [-0.3, -0.25) is 14.4 Å². The minimum absolute atomic E-state index is 0.0320. The van der Waals surface area contributed by atoms with Crippen molar-refractivity contribution >= 4 is 23.7 Å². The van der Waals surface area contributed by atoms with E-state index < -0.39 is 91.8 Å². The van der Waals surface area contributed by atoms with E-state index in [-0.39, 0.29) is 18.9 Å². The maximum Gasteiger partial charge on any atom is 0.328 e. The van der Waals surface area contributed by atoms with Gasteiger partial charge in [0.25, 0.3) is 11.8 Å². The van der Waals surface area contributed by atoms with E-state index in [0.29, 0.717) is 29.8 Å². The predicted octanol–water partition coefficient (Wildman–Crippen LogP) is -3.34. The van der Waals surface area contributed by atoms with Crippen molar-refractivity contribution in [1.82, 2.24) is 36.2 Å². The van der Waals surface area contributed by atoms with Gasteiger partial charge in [0, 0.05) is 24.6 Å². The van der Waals surface area contributed by atoms with E-state index in [0.717, 1.165) is 19.7 Å². The lowest BCUT2D eigenvalue weighted by Crippen LogP contribution is -2.68. The van der Waals surface area contributed by atoms with Gasteiger partial charge in [0.1, 0.15) is 48.7 Å². The first-order valence-electron chi connectivity index (χ1n) is 17.7. The van der Waals surface area contributed by atoms with Crippen LogP contribution in [-0.2, 0) is 33.3 Å². The lowest BCUT2D eigenvalue weighted by Gasteiger charge is -2.46. The number of esters is 1. The van der Waals surface area contributed by atoms with Gasteiger partial charge in [-0.1, -0.05) is 30.3 Å². The Morgan fingerprint density at radius 2 is 1.62 bits per heavy atom. The Morgan fingerprint density at radius 3 is 2.29 bits per heavy atom. The number of aliphatic hydroxyl groups is 6. The Labute approximate surface area is 319 Å². The van der Waals surface area contributed by atoms with Crippen LogP contribution in [0.4, 0.5) is 0 Å². The summed E-state index contributed by atoms with van der Waals surface area (Å²) in [6.45, 7) is 0.527. The average molecular weight is 788 g/mol. The summed E-state index contributed by atoms with van der Waals surface area (Å²) in [5, 5.41) is 82.7. The molecule has 9 N–H and O–H groups in total. The molecule has 3 heterocycles. The van der Waals surface area contributed by atoms with Crippen molar-refractivity contribution in [1.29, 1.82) is 0 Å². The molecular formula is C35H45N7O14. The van der Waals surface area contributed by atoms with Crippen LogP contribution >= 0.6 is 0 Å². The Kier molecular flexibility index (Phi) is 14.5. The van der Waals surface area contributed by atoms with Gasteiger partial charge in [-0.25, -0.2) is 4.79 Å². The molecule has 0 radical (unpaired) electrons. The van der Waals surface area contributed by atoms with Crippen LogP contribution in [-0.4, -0.2) is 162 Å². The molecule has 21 heteroatoms. The number of nitrogens with one attached hydrogen (secondary N) is 3. The number of benzene rings is 2. The Hall–Kier alpha value is -4.97. The Bertz CT molecular complexity index is 1780. The third kappa shape index (κ3) is 10.1. The normalized spacial score (nSPS) is 28.1. The predicted molar refractivity (Wildman–Crippen MR) is 188 cm³/mol. The van der Waals surface area contributed by atoms with Crippen LogP contribution in [0.2, 0.25) is 0 Å². The molecule has 0 saturated carbocycles. The van der Waals surface area contributed by atoms with Crippen LogP contribution in [0.1, 0.15) is 36.5 Å². The highest BCUT2D eigenvalue weighted by Crippen LogP contribution is 2.29. The second-order valence-electron chi connectivity index (χ2n) is 13.1. The highest BCUT2D eigenvalue weighted by Gasteiger charge is 2.52. The largest absolute Gasteiger partial charge is 0.467 e. The van der Waals surface area contributed by atoms with Crippen LogP contribution in [0.15, 0.2) is 54.6 Å². The minimum atomic E-state index is -2.03. The monoisotopic (exact) mass is 787 g/mol. The van der Waals surface area contributed by atoms with Gasteiger partial charge in [-0.15, -0.1) is 15.0 Å². The van der Waals surface area contributed by atoms with Crippen LogP contribution in [0, 0.1) is 0 Å². The summed E-state index contributed by atoms with van der Waals surface area (Å²) in [4.78, 5) is 51.7. The molecule has 1 aromatic heterocycles. The van der Waals surface area contributed by atoms with E-state index in [1.165, 1.54) is 4.80 Å². The summed E-state index contributed by atoms with van der Waals surface area (Å²) in [6.07, 6.45) is -15.6. The second-order valence-corrected chi connectivity index (χ2v) is 13.1. The minimum Gasteiger partial charge on any atom is -0.467 e. The van der Waals surface area contributed by atoms with Gasteiger partial charge in [0.2, 0.25) is 11.7 Å². The molecule has 2 aliphatic heterocycles. The van der Waals surface area contributed by atoms with E-state index in [4.69, 9.17) is 18.9 Å². The molecule has 56 heavy (non-hydrogen) atoms.